The second kappa shape index (κ2) is 7.72. The molecule has 7 heteroatoms. The zero-order valence-electron chi connectivity index (χ0n) is 13.1. The molecule has 120 valence electrons. The SMILES string of the molecule is CC(C)NC(=O)C(=O)NCC1CCN(c2cnccn2)CC1. The van der Waals surface area contributed by atoms with Crippen LogP contribution in [0.25, 0.3) is 0 Å². The molecule has 0 aromatic carbocycles. The van der Waals surface area contributed by atoms with E-state index in [-0.39, 0.29) is 6.04 Å². The van der Waals surface area contributed by atoms with Crippen LogP contribution in [0.5, 0.6) is 0 Å². The van der Waals surface area contributed by atoms with E-state index in [1.165, 1.54) is 0 Å². The number of hydrogen-bond donors (Lipinski definition) is 2. The number of hydrogen-bond acceptors (Lipinski definition) is 5. The topological polar surface area (TPSA) is 87.2 Å². The Kier molecular flexibility index (Phi) is 5.68. The van der Waals surface area contributed by atoms with E-state index in [2.05, 4.69) is 25.5 Å². The number of nitrogens with zero attached hydrogens (tertiary/aromatic N) is 3. The van der Waals surface area contributed by atoms with Crippen LogP contribution in [0, 0.1) is 5.92 Å². The van der Waals surface area contributed by atoms with Gasteiger partial charge in [0.1, 0.15) is 5.82 Å². The van der Waals surface area contributed by atoms with E-state index in [1.54, 1.807) is 18.6 Å². The number of carbonyl (C=O) groups is 2. The van der Waals surface area contributed by atoms with E-state index in [0.29, 0.717) is 12.5 Å². The Morgan fingerprint density at radius 1 is 1.27 bits per heavy atom. The van der Waals surface area contributed by atoms with Gasteiger partial charge in [0.15, 0.2) is 0 Å². The Labute approximate surface area is 130 Å². The summed E-state index contributed by atoms with van der Waals surface area (Å²) in [7, 11) is 0. The predicted molar refractivity (Wildman–Crippen MR) is 83.3 cm³/mol. The molecule has 2 rings (SSSR count). The minimum Gasteiger partial charge on any atom is -0.355 e. The Hall–Kier alpha value is -2.18. The molecule has 0 bridgehead atoms. The maximum atomic E-state index is 11.7. The quantitative estimate of drug-likeness (QED) is 0.783. The number of piperidine rings is 1. The van der Waals surface area contributed by atoms with Gasteiger partial charge in [0.05, 0.1) is 6.20 Å². The summed E-state index contributed by atoms with van der Waals surface area (Å²) in [5, 5.41) is 5.30. The molecule has 2 heterocycles. The molecule has 1 aromatic heterocycles. The first-order valence-corrected chi connectivity index (χ1v) is 7.66. The van der Waals surface area contributed by atoms with Crippen LogP contribution in [-0.2, 0) is 9.59 Å². The molecule has 2 amide bonds. The van der Waals surface area contributed by atoms with Crippen LogP contribution in [0.15, 0.2) is 18.6 Å². The second-order valence-electron chi connectivity index (χ2n) is 5.83. The third-order valence-electron chi connectivity index (χ3n) is 3.67. The van der Waals surface area contributed by atoms with Gasteiger partial charge in [0.25, 0.3) is 0 Å². The van der Waals surface area contributed by atoms with Gasteiger partial charge >= 0.3 is 11.8 Å². The van der Waals surface area contributed by atoms with E-state index in [9.17, 15) is 9.59 Å². The first-order chi connectivity index (χ1) is 10.6. The highest BCUT2D eigenvalue weighted by atomic mass is 16.2. The van der Waals surface area contributed by atoms with Gasteiger partial charge < -0.3 is 15.5 Å². The van der Waals surface area contributed by atoms with Crippen LogP contribution in [-0.4, -0.2) is 47.5 Å². The summed E-state index contributed by atoms with van der Waals surface area (Å²) in [4.78, 5) is 33.7. The van der Waals surface area contributed by atoms with Gasteiger partial charge in [-0.05, 0) is 32.6 Å². The molecule has 1 saturated heterocycles. The summed E-state index contributed by atoms with van der Waals surface area (Å²) >= 11 is 0. The molecule has 0 unspecified atom stereocenters. The molecule has 1 fully saturated rings. The van der Waals surface area contributed by atoms with E-state index in [4.69, 9.17) is 0 Å². The Morgan fingerprint density at radius 3 is 2.59 bits per heavy atom. The summed E-state index contributed by atoms with van der Waals surface area (Å²) in [5.41, 5.74) is 0. The molecular weight excluding hydrogens is 282 g/mol. The minimum absolute atomic E-state index is 0.0338. The molecule has 0 spiro atoms. The largest absolute Gasteiger partial charge is 0.355 e. The van der Waals surface area contributed by atoms with Crippen molar-refractivity contribution in [1.29, 1.82) is 0 Å². The Morgan fingerprint density at radius 2 is 2.00 bits per heavy atom. The van der Waals surface area contributed by atoms with Crippen molar-refractivity contribution in [3.05, 3.63) is 18.6 Å². The highest BCUT2D eigenvalue weighted by Crippen LogP contribution is 2.20. The van der Waals surface area contributed by atoms with Gasteiger partial charge in [-0.2, -0.15) is 0 Å². The Balaban J connectivity index is 1.72. The summed E-state index contributed by atoms with van der Waals surface area (Å²) < 4.78 is 0. The minimum atomic E-state index is -0.563. The summed E-state index contributed by atoms with van der Waals surface area (Å²) in [5.74, 6) is 0.169. The van der Waals surface area contributed by atoms with Crippen LogP contribution in [0.3, 0.4) is 0 Å². The van der Waals surface area contributed by atoms with Crippen molar-refractivity contribution in [2.45, 2.75) is 32.7 Å². The lowest BCUT2D eigenvalue weighted by Gasteiger charge is -2.32. The van der Waals surface area contributed by atoms with Crippen LogP contribution >= 0.6 is 0 Å². The van der Waals surface area contributed by atoms with Crippen LogP contribution in [0.2, 0.25) is 0 Å². The zero-order chi connectivity index (χ0) is 15.9. The maximum Gasteiger partial charge on any atom is 0.309 e. The molecule has 0 atom stereocenters. The fourth-order valence-corrected chi connectivity index (χ4v) is 2.47. The predicted octanol–water partition coefficient (Wildman–Crippen LogP) is 0.334. The van der Waals surface area contributed by atoms with Crippen molar-refractivity contribution in [1.82, 2.24) is 20.6 Å². The number of nitrogens with one attached hydrogen (secondary N) is 2. The van der Waals surface area contributed by atoms with Crippen molar-refractivity contribution >= 4 is 17.6 Å². The molecule has 1 aromatic rings. The van der Waals surface area contributed by atoms with Gasteiger partial charge in [0.2, 0.25) is 0 Å². The Bertz CT molecular complexity index is 498. The molecule has 0 aliphatic carbocycles. The smallest absolute Gasteiger partial charge is 0.309 e. The lowest BCUT2D eigenvalue weighted by molar-refractivity contribution is -0.139. The number of aromatic nitrogens is 2. The lowest BCUT2D eigenvalue weighted by atomic mass is 9.97. The van der Waals surface area contributed by atoms with Crippen molar-refractivity contribution < 1.29 is 9.59 Å². The highest BCUT2D eigenvalue weighted by molar-refractivity contribution is 6.35. The van der Waals surface area contributed by atoms with Crippen molar-refractivity contribution in [3.63, 3.8) is 0 Å². The number of rotatable bonds is 4. The second-order valence-corrected chi connectivity index (χ2v) is 5.83. The average molecular weight is 305 g/mol. The number of anilines is 1. The van der Waals surface area contributed by atoms with Crippen LogP contribution in [0.4, 0.5) is 5.82 Å². The molecule has 1 aliphatic rings. The summed E-state index contributed by atoms with van der Waals surface area (Å²) in [6, 6.07) is -0.0338. The van der Waals surface area contributed by atoms with Crippen molar-refractivity contribution in [2.75, 3.05) is 24.5 Å². The number of carbonyl (C=O) groups excluding carboxylic acids is 2. The van der Waals surface area contributed by atoms with Crippen molar-refractivity contribution in [3.8, 4) is 0 Å². The van der Waals surface area contributed by atoms with E-state index < -0.39 is 11.8 Å². The monoisotopic (exact) mass is 305 g/mol. The van der Waals surface area contributed by atoms with Crippen LogP contribution < -0.4 is 15.5 Å². The van der Waals surface area contributed by atoms with Gasteiger partial charge in [-0.25, -0.2) is 4.98 Å². The molecule has 0 saturated carbocycles. The van der Waals surface area contributed by atoms with Gasteiger partial charge in [-0.3, -0.25) is 14.6 Å². The standard InChI is InChI=1S/C15H23N5O2/c1-11(2)19-15(22)14(21)18-9-12-3-7-20(8-4-12)13-10-16-5-6-17-13/h5-6,10-12H,3-4,7-9H2,1-2H3,(H,18,21)(H,19,22). The van der Waals surface area contributed by atoms with E-state index in [1.807, 2.05) is 13.8 Å². The normalized spacial score (nSPS) is 15.7. The van der Waals surface area contributed by atoms with E-state index >= 15 is 0 Å². The van der Waals surface area contributed by atoms with E-state index in [0.717, 1.165) is 31.7 Å². The molecule has 0 radical (unpaired) electrons. The van der Waals surface area contributed by atoms with Crippen LogP contribution in [0.1, 0.15) is 26.7 Å². The molecule has 2 N–H and O–H groups in total. The molecular formula is C15H23N5O2. The third-order valence-corrected chi connectivity index (χ3v) is 3.67. The average Bonchev–Trinajstić information content (AvgIpc) is 2.53. The first-order valence-electron chi connectivity index (χ1n) is 7.66. The molecule has 1 aliphatic heterocycles. The lowest BCUT2D eigenvalue weighted by Crippen LogP contribution is -2.45. The first kappa shape index (κ1) is 16.2. The zero-order valence-corrected chi connectivity index (χ0v) is 13.1. The van der Waals surface area contributed by atoms with Gasteiger partial charge in [-0.1, -0.05) is 0 Å². The fraction of sp³-hybridized carbons (Fsp3) is 0.600. The highest BCUT2D eigenvalue weighted by Gasteiger charge is 2.22. The summed E-state index contributed by atoms with van der Waals surface area (Å²) in [6.07, 6.45) is 7.03. The maximum absolute atomic E-state index is 11.7. The fourth-order valence-electron chi connectivity index (χ4n) is 2.47. The third kappa shape index (κ3) is 4.68. The van der Waals surface area contributed by atoms with Gasteiger partial charge in [0, 0.05) is 38.1 Å². The van der Waals surface area contributed by atoms with Crippen molar-refractivity contribution in [2.24, 2.45) is 5.92 Å². The molecule has 22 heavy (non-hydrogen) atoms. The number of amides is 2. The summed E-state index contributed by atoms with van der Waals surface area (Å²) in [6.45, 7) is 5.97. The molecule has 7 nitrogen and oxygen atoms in total. The van der Waals surface area contributed by atoms with Gasteiger partial charge in [-0.15, -0.1) is 0 Å².